The van der Waals surface area contributed by atoms with Crippen molar-refractivity contribution in [1.82, 2.24) is 9.88 Å². The second-order valence-electron chi connectivity index (χ2n) is 6.23. The first-order valence-electron chi connectivity index (χ1n) is 8.35. The van der Waals surface area contributed by atoms with Crippen LogP contribution < -0.4 is 5.32 Å². The smallest absolute Gasteiger partial charge is 0.262 e. The molecule has 0 aliphatic carbocycles. The lowest BCUT2D eigenvalue weighted by atomic mass is 10.1. The Kier molecular flexibility index (Phi) is 7.09. The fraction of sp³-hybridized carbons (Fsp3) is 0.300. The highest BCUT2D eigenvalue weighted by Gasteiger charge is 2.17. The Morgan fingerprint density at radius 1 is 1.41 bits per heavy atom. The first-order valence-corrected chi connectivity index (χ1v) is 9.10. The molecule has 1 heterocycles. The zero-order chi connectivity index (χ0) is 20.1. The maximum atomic E-state index is 12.3. The molecule has 0 radical (unpaired) electrons. The summed E-state index contributed by atoms with van der Waals surface area (Å²) in [5, 5.41) is 13.1. The third kappa shape index (κ3) is 4.72. The van der Waals surface area contributed by atoms with Crippen molar-refractivity contribution in [2.75, 3.05) is 13.7 Å². The third-order valence-corrected chi connectivity index (χ3v) is 4.91. The fourth-order valence-electron chi connectivity index (χ4n) is 2.87. The highest BCUT2D eigenvalue weighted by atomic mass is 35.5. The molecule has 0 aliphatic rings. The molecule has 1 N–H and O–H groups in total. The van der Waals surface area contributed by atoms with Crippen LogP contribution in [0.25, 0.3) is 11.8 Å². The van der Waals surface area contributed by atoms with Gasteiger partial charge < -0.3 is 14.6 Å². The normalized spacial score (nSPS) is 12.6. The Labute approximate surface area is 169 Å². The number of halogens is 2. The summed E-state index contributed by atoms with van der Waals surface area (Å²) in [4.78, 5) is 12.3. The van der Waals surface area contributed by atoms with E-state index in [4.69, 9.17) is 27.9 Å². The van der Waals surface area contributed by atoms with Crippen LogP contribution in [0.5, 0.6) is 0 Å². The molecule has 1 aromatic heterocycles. The molecule has 27 heavy (non-hydrogen) atoms. The van der Waals surface area contributed by atoms with Gasteiger partial charge in [-0.25, -0.2) is 0 Å². The number of nitrogens with zero attached hydrogens (tertiary/aromatic N) is 2. The Balaban J connectivity index is 2.43. The number of hydrogen-bond acceptors (Lipinski definition) is 3. The number of hydrogen-bond donors (Lipinski definition) is 1. The van der Waals surface area contributed by atoms with Crippen LogP contribution in [0.4, 0.5) is 0 Å². The molecule has 1 aromatic carbocycles. The third-order valence-electron chi connectivity index (χ3n) is 4.10. The molecule has 0 saturated heterocycles. The summed E-state index contributed by atoms with van der Waals surface area (Å²) >= 11 is 12.5. The summed E-state index contributed by atoms with van der Waals surface area (Å²) in [6, 6.07) is 9.08. The summed E-state index contributed by atoms with van der Waals surface area (Å²) in [6.07, 6.45) is 1.58. The van der Waals surface area contributed by atoms with E-state index < -0.39 is 5.91 Å². The highest BCUT2D eigenvalue weighted by Crippen LogP contribution is 2.32. The minimum Gasteiger partial charge on any atom is -0.383 e. The van der Waals surface area contributed by atoms with Gasteiger partial charge >= 0.3 is 0 Å². The van der Waals surface area contributed by atoms with Crippen molar-refractivity contribution in [2.45, 2.75) is 26.8 Å². The van der Waals surface area contributed by atoms with Crippen LogP contribution in [-0.4, -0.2) is 30.2 Å². The molecule has 0 aliphatic heterocycles. The monoisotopic (exact) mass is 405 g/mol. The molecule has 142 valence electrons. The lowest BCUT2D eigenvalue weighted by Crippen LogP contribution is -2.36. The largest absolute Gasteiger partial charge is 0.383 e. The summed E-state index contributed by atoms with van der Waals surface area (Å²) in [5.74, 6) is -0.437. The van der Waals surface area contributed by atoms with E-state index in [1.165, 1.54) is 0 Å². The fourth-order valence-corrected chi connectivity index (χ4v) is 3.25. The van der Waals surface area contributed by atoms with Gasteiger partial charge in [0.25, 0.3) is 5.91 Å². The molecule has 2 aromatic rings. The van der Waals surface area contributed by atoms with Crippen LogP contribution in [-0.2, 0) is 9.53 Å². The van der Waals surface area contributed by atoms with Crippen LogP contribution in [0.2, 0.25) is 10.0 Å². The molecule has 0 spiro atoms. The topological polar surface area (TPSA) is 67.0 Å². The van der Waals surface area contributed by atoms with Gasteiger partial charge in [0.2, 0.25) is 0 Å². The van der Waals surface area contributed by atoms with Gasteiger partial charge in [-0.3, -0.25) is 4.79 Å². The number of carbonyl (C=O) groups excluding carboxylic acids is 1. The van der Waals surface area contributed by atoms with Crippen molar-refractivity contribution in [3.8, 4) is 11.8 Å². The molecule has 7 heteroatoms. The number of benzene rings is 1. The number of aryl methyl sites for hydroxylation is 1. The molecular formula is C20H21Cl2N3O2. The first-order chi connectivity index (χ1) is 12.8. The van der Waals surface area contributed by atoms with E-state index in [9.17, 15) is 10.1 Å². The maximum Gasteiger partial charge on any atom is 0.262 e. The van der Waals surface area contributed by atoms with E-state index in [0.717, 1.165) is 22.6 Å². The minimum absolute atomic E-state index is 0.0235. The zero-order valence-electron chi connectivity index (χ0n) is 15.6. The van der Waals surface area contributed by atoms with E-state index in [1.807, 2.05) is 49.6 Å². The van der Waals surface area contributed by atoms with Crippen LogP contribution in [0.1, 0.15) is 23.9 Å². The number of nitrogens with one attached hydrogen (secondary N) is 1. The maximum absolute atomic E-state index is 12.3. The Morgan fingerprint density at radius 3 is 2.74 bits per heavy atom. The summed E-state index contributed by atoms with van der Waals surface area (Å²) in [6.45, 7) is 6.00. The molecule has 0 bridgehead atoms. The van der Waals surface area contributed by atoms with Crippen LogP contribution >= 0.6 is 23.2 Å². The number of rotatable bonds is 6. The molecular weight excluding hydrogens is 385 g/mol. The van der Waals surface area contributed by atoms with Crippen molar-refractivity contribution in [3.63, 3.8) is 0 Å². The lowest BCUT2D eigenvalue weighted by molar-refractivity contribution is -0.117. The molecule has 1 atom stereocenters. The van der Waals surface area contributed by atoms with Gasteiger partial charge in [-0.05, 0) is 50.6 Å². The van der Waals surface area contributed by atoms with Gasteiger partial charge in [0.05, 0.1) is 22.3 Å². The van der Waals surface area contributed by atoms with Gasteiger partial charge in [0.15, 0.2) is 0 Å². The summed E-state index contributed by atoms with van der Waals surface area (Å²) in [7, 11) is 1.56. The predicted molar refractivity (Wildman–Crippen MR) is 108 cm³/mol. The van der Waals surface area contributed by atoms with Gasteiger partial charge in [0.1, 0.15) is 11.6 Å². The van der Waals surface area contributed by atoms with Crippen LogP contribution in [0.15, 0.2) is 29.8 Å². The van der Waals surface area contributed by atoms with Crippen LogP contribution in [0.3, 0.4) is 0 Å². The Bertz CT molecular complexity index is 926. The molecule has 1 amide bonds. The zero-order valence-corrected chi connectivity index (χ0v) is 17.1. The van der Waals surface area contributed by atoms with Gasteiger partial charge in [-0.1, -0.05) is 29.3 Å². The lowest BCUT2D eigenvalue weighted by Gasteiger charge is -2.13. The summed E-state index contributed by atoms with van der Waals surface area (Å²) < 4.78 is 6.95. The van der Waals surface area contributed by atoms with Crippen molar-refractivity contribution >= 4 is 35.2 Å². The van der Waals surface area contributed by atoms with Crippen molar-refractivity contribution < 1.29 is 9.53 Å². The first kappa shape index (κ1) is 21.0. The highest BCUT2D eigenvalue weighted by molar-refractivity contribution is 6.43. The number of amides is 1. The quantitative estimate of drug-likeness (QED) is 0.569. The molecule has 0 saturated carbocycles. The van der Waals surface area contributed by atoms with Gasteiger partial charge in [-0.2, -0.15) is 5.26 Å². The van der Waals surface area contributed by atoms with Crippen molar-refractivity contribution in [2.24, 2.45) is 0 Å². The van der Waals surface area contributed by atoms with Gasteiger partial charge in [-0.15, -0.1) is 0 Å². The molecule has 5 nitrogen and oxygen atoms in total. The standard InChI is InChI=1S/C20H21Cl2N3O2/c1-12(11-27-4)24-20(26)16(10-23)9-15-8-13(2)25(14(15)3)18-7-5-6-17(21)19(18)22/h5-9,12H,11H2,1-4H3,(H,24,26)/b16-9+/t12-/m1/s1. The molecule has 0 unspecified atom stereocenters. The van der Waals surface area contributed by atoms with E-state index in [1.54, 1.807) is 19.3 Å². The number of carbonyl (C=O) groups is 1. The van der Waals surface area contributed by atoms with E-state index >= 15 is 0 Å². The van der Waals surface area contributed by atoms with Crippen molar-refractivity contribution in [1.29, 1.82) is 5.26 Å². The van der Waals surface area contributed by atoms with E-state index in [-0.39, 0.29) is 11.6 Å². The second kappa shape index (κ2) is 9.09. The van der Waals surface area contributed by atoms with E-state index in [2.05, 4.69) is 5.32 Å². The number of ether oxygens (including phenoxy) is 1. The van der Waals surface area contributed by atoms with Crippen LogP contribution in [0, 0.1) is 25.2 Å². The second-order valence-corrected chi connectivity index (χ2v) is 7.02. The van der Waals surface area contributed by atoms with E-state index in [0.29, 0.717) is 16.7 Å². The number of aromatic nitrogens is 1. The Morgan fingerprint density at radius 2 is 2.11 bits per heavy atom. The summed E-state index contributed by atoms with van der Waals surface area (Å²) in [5.41, 5.74) is 3.29. The number of methoxy groups -OCH3 is 1. The Hall–Kier alpha value is -2.26. The predicted octanol–water partition coefficient (Wildman–Crippen LogP) is 4.46. The van der Waals surface area contributed by atoms with Gasteiger partial charge in [0, 0.05) is 24.5 Å². The van der Waals surface area contributed by atoms with Crippen molar-refractivity contribution in [3.05, 3.63) is 56.8 Å². The molecule has 0 fully saturated rings. The SMILES string of the molecule is COC[C@@H](C)NC(=O)/C(C#N)=C/c1cc(C)n(-c2cccc(Cl)c2Cl)c1C. The average molecular weight is 406 g/mol. The minimum atomic E-state index is -0.437. The number of nitriles is 1. The average Bonchev–Trinajstić information content (AvgIpc) is 2.89. The molecule has 2 rings (SSSR count).